The summed E-state index contributed by atoms with van der Waals surface area (Å²) in [6.07, 6.45) is 1.69. The Morgan fingerprint density at radius 3 is 2.47 bits per heavy atom. The van der Waals surface area contributed by atoms with Gasteiger partial charge < -0.3 is 4.42 Å². The molecule has 2 nitrogen and oxygen atoms in total. The number of fused-ring (bicyclic) bond motifs is 1. The first-order valence-electron chi connectivity index (χ1n) is 6.09. The van der Waals surface area contributed by atoms with E-state index in [-0.39, 0.29) is 0 Å². The second kappa shape index (κ2) is 4.67. The van der Waals surface area contributed by atoms with E-state index >= 15 is 0 Å². The van der Waals surface area contributed by atoms with Crippen LogP contribution in [0.5, 0.6) is 0 Å². The largest absolute Gasteiger partial charge is 0.455 e. The number of hydrogen-bond donors (Lipinski definition) is 0. The van der Waals surface area contributed by atoms with Crippen LogP contribution in [0.1, 0.15) is 5.56 Å². The Morgan fingerprint density at radius 2 is 1.79 bits per heavy atom. The highest BCUT2D eigenvalue weighted by atomic mass is 32.2. The third-order valence-corrected chi connectivity index (χ3v) is 4.10. The molecule has 3 heteroatoms. The van der Waals surface area contributed by atoms with Gasteiger partial charge in [0.05, 0.1) is 15.7 Å². The monoisotopic (exact) mass is 270 g/mol. The van der Waals surface area contributed by atoms with Crippen LogP contribution >= 0.6 is 0 Å². The van der Waals surface area contributed by atoms with Gasteiger partial charge in [-0.3, -0.25) is 4.21 Å². The molecule has 1 aromatic heterocycles. The van der Waals surface area contributed by atoms with Crippen molar-refractivity contribution >= 4 is 21.8 Å². The minimum Gasteiger partial charge on any atom is -0.455 e. The van der Waals surface area contributed by atoms with E-state index in [4.69, 9.17) is 4.42 Å². The van der Waals surface area contributed by atoms with Crippen molar-refractivity contribution in [1.82, 2.24) is 0 Å². The van der Waals surface area contributed by atoms with Crippen LogP contribution in [0, 0.1) is 6.92 Å². The Morgan fingerprint density at radius 1 is 1.05 bits per heavy atom. The Kier molecular flexibility index (Phi) is 2.99. The van der Waals surface area contributed by atoms with Crippen LogP contribution in [0.25, 0.3) is 22.3 Å². The highest BCUT2D eigenvalue weighted by Crippen LogP contribution is 2.35. The Balaban J connectivity index is 2.36. The van der Waals surface area contributed by atoms with Crippen LogP contribution in [0.4, 0.5) is 0 Å². The van der Waals surface area contributed by atoms with Gasteiger partial charge in [-0.25, -0.2) is 0 Å². The molecule has 1 atom stereocenters. The van der Waals surface area contributed by atoms with E-state index < -0.39 is 10.8 Å². The van der Waals surface area contributed by atoms with E-state index in [0.717, 1.165) is 27.0 Å². The molecule has 2 aromatic carbocycles. The van der Waals surface area contributed by atoms with Crippen LogP contribution in [-0.2, 0) is 10.8 Å². The molecule has 0 amide bonds. The number of rotatable bonds is 2. The van der Waals surface area contributed by atoms with Gasteiger partial charge in [-0.2, -0.15) is 0 Å². The lowest BCUT2D eigenvalue weighted by atomic mass is 10.1. The fourth-order valence-corrected chi connectivity index (χ4v) is 3.14. The lowest BCUT2D eigenvalue weighted by Crippen LogP contribution is -1.89. The van der Waals surface area contributed by atoms with Gasteiger partial charge in [0.1, 0.15) is 5.58 Å². The Bertz CT molecular complexity index is 757. The number of benzene rings is 2. The minimum absolute atomic E-state index is 0.710. The first-order chi connectivity index (χ1) is 9.16. The summed E-state index contributed by atoms with van der Waals surface area (Å²) in [4.78, 5) is 0.782. The van der Waals surface area contributed by atoms with E-state index in [0.29, 0.717) is 5.76 Å². The summed E-state index contributed by atoms with van der Waals surface area (Å²) in [5, 5.41) is 0.944. The fraction of sp³-hybridized carbons (Fsp3) is 0.125. The predicted molar refractivity (Wildman–Crippen MR) is 78.7 cm³/mol. The minimum atomic E-state index is -1.09. The zero-order valence-electron chi connectivity index (χ0n) is 10.8. The van der Waals surface area contributed by atoms with Crippen LogP contribution in [-0.4, -0.2) is 10.5 Å². The molecule has 3 aromatic rings. The first kappa shape index (κ1) is 12.2. The Hall–Kier alpha value is -1.87. The molecule has 0 aliphatic heterocycles. The fourth-order valence-electron chi connectivity index (χ4n) is 2.25. The maximum absolute atomic E-state index is 12.1. The average Bonchev–Trinajstić information content (AvgIpc) is 2.78. The van der Waals surface area contributed by atoms with E-state index in [1.165, 1.54) is 0 Å². The normalized spacial score (nSPS) is 12.7. The molecule has 0 aliphatic carbocycles. The lowest BCUT2D eigenvalue weighted by molar-refractivity contribution is 0.622. The highest BCUT2D eigenvalue weighted by molar-refractivity contribution is 7.84. The SMILES string of the molecule is Cc1ccc2oc(-c3ccccc3)c([S@](C)=O)c2c1. The van der Waals surface area contributed by atoms with Crippen molar-refractivity contribution in [3.05, 3.63) is 54.1 Å². The lowest BCUT2D eigenvalue weighted by Gasteiger charge is -1.99. The molecule has 0 spiro atoms. The second-order valence-corrected chi connectivity index (χ2v) is 5.90. The molecule has 0 unspecified atom stereocenters. The molecule has 19 heavy (non-hydrogen) atoms. The molecular formula is C16H14O2S. The van der Waals surface area contributed by atoms with Crippen molar-refractivity contribution in [2.45, 2.75) is 11.8 Å². The van der Waals surface area contributed by atoms with Crippen LogP contribution in [0.2, 0.25) is 0 Å². The molecule has 0 radical (unpaired) electrons. The summed E-state index contributed by atoms with van der Waals surface area (Å²) in [6, 6.07) is 15.8. The molecular weight excluding hydrogens is 256 g/mol. The summed E-state index contributed by atoms with van der Waals surface area (Å²) in [7, 11) is -1.09. The van der Waals surface area contributed by atoms with Gasteiger partial charge in [-0.15, -0.1) is 0 Å². The van der Waals surface area contributed by atoms with Gasteiger partial charge in [-0.05, 0) is 19.1 Å². The van der Waals surface area contributed by atoms with Crippen molar-refractivity contribution in [3.63, 3.8) is 0 Å². The molecule has 0 saturated heterocycles. The number of furan rings is 1. The molecule has 0 saturated carbocycles. The maximum Gasteiger partial charge on any atom is 0.151 e. The van der Waals surface area contributed by atoms with Crippen molar-refractivity contribution in [3.8, 4) is 11.3 Å². The predicted octanol–water partition coefficient (Wildman–Crippen LogP) is 4.15. The molecule has 0 fully saturated rings. The van der Waals surface area contributed by atoms with Gasteiger partial charge >= 0.3 is 0 Å². The second-order valence-electron chi connectivity index (χ2n) is 4.58. The summed E-state index contributed by atoms with van der Waals surface area (Å²) < 4.78 is 18.0. The standard InChI is InChI=1S/C16H14O2S/c1-11-8-9-14-13(10-11)16(19(2)17)15(18-14)12-6-4-3-5-7-12/h3-10H,1-2H3/t19-/m0/s1. The summed E-state index contributed by atoms with van der Waals surface area (Å²) in [5.74, 6) is 0.710. The van der Waals surface area contributed by atoms with E-state index in [2.05, 4.69) is 0 Å². The molecule has 0 aliphatic rings. The summed E-state index contributed by atoms with van der Waals surface area (Å²) >= 11 is 0. The maximum atomic E-state index is 12.1. The third kappa shape index (κ3) is 2.10. The van der Waals surface area contributed by atoms with Gasteiger partial charge in [0.25, 0.3) is 0 Å². The highest BCUT2D eigenvalue weighted by Gasteiger charge is 2.18. The van der Waals surface area contributed by atoms with Crippen molar-refractivity contribution in [2.24, 2.45) is 0 Å². The molecule has 3 rings (SSSR count). The quantitative estimate of drug-likeness (QED) is 0.700. The zero-order valence-corrected chi connectivity index (χ0v) is 11.7. The van der Waals surface area contributed by atoms with Gasteiger partial charge in [-0.1, -0.05) is 42.0 Å². The molecule has 0 bridgehead atoms. The van der Waals surface area contributed by atoms with Crippen molar-refractivity contribution in [1.29, 1.82) is 0 Å². The third-order valence-electron chi connectivity index (χ3n) is 3.12. The molecule has 0 N–H and O–H groups in total. The average molecular weight is 270 g/mol. The van der Waals surface area contributed by atoms with Gasteiger partial charge in [0, 0.05) is 17.2 Å². The van der Waals surface area contributed by atoms with Crippen LogP contribution < -0.4 is 0 Å². The number of aryl methyl sites for hydroxylation is 1. The van der Waals surface area contributed by atoms with Gasteiger partial charge in [0.2, 0.25) is 0 Å². The van der Waals surface area contributed by atoms with Gasteiger partial charge in [0.15, 0.2) is 5.76 Å². The molecule has 96 valence electrons. The summed E-state index contributed by atoms with van der Waals surface area (Å²) in [5.41, 5.74) is 2.89. The Labute approximate surface area is 114 Å². The van der Waals surface area contributed by atoms with E-state index in [1.807, 2.05) is 55.5 Å². The molecule has 1 heterocycles. The summed E-state index contributed by atoms with van der Waals surface area (Å²) in [6.45, 7) is 2.02. The first-order valence-corrected chi connectivity index (χ1v) is 7.64. The van der Waals surface area contributed by atoms with E-state index in [1.54, 1.807) is 6.26 Å². The smallest absolute Gasteiger partial charge is 0.151 e. The topological polar surface area (TPSA) is 30.2 Å². The van der Waals surface area contributed by atoms with Crippen LogP contribution in [0.15, 0.2) is 57.8 Å². The van der Waals surface area contributed by atoms with Crippen LogP contribution in [0.3, 0.4) is 0 Å². The number of hydrogen-bond acceptors (Lipinski definition) is 2. The van der Waals surface area contributed by atoms with E-state index in [9.17, 15) is 4.21 Å². The van der Waals surface area contributed by atoms with Crippen molar-refractivity contribution < 1.29 is 8.63 Å². The van der Waals surface area contributed by atoms with Crippen molar-refractivity contribution in [2.75, 3.05) is 6.26 Å². The zero-order chi connectivity index (χ0) is 13.4.